The third-order valence-electron chi connectivity index (χ3n) is 4.41. The van der Waals surface area contributed by atoms with E-state index in [4.69, 9.17) is 11.4 Å². The number of benzene rings is 1. The zero-order chi connectivity index (χ0) is 16.7. The van der Waals surface area contributed by atoms with Gasteiger partial charge in [0, 0.05) is 10.4 Å². The van der Waals surface area contributed by atoms with E-state index in [9.17, 15) is 4.79 Å². The summed E-state index contributed by atoms with van der Waals surface area (Å²) in [5.74, 6) is 2.50. The summed E-state index contributed by atoms with van der Waals surface area (Å²) in [6.45, 7) is 2.23. The van der Waals surface area contributed by atoms with Crippen LogP contribution in [0, 0.1) is 19.3 Å². The fourth-order valence-corrected chi connectivity index (χ4v) is 4.42. The van der Waals surface area contributed by atoms with Gasteiger partial charge in [0.05, 0.1) is 29.5 Å². The zero-order valence-electron chi connectivity index (χ0n) is 13.5. The maximum Gasteiger partial charge on any atom is 0.262 e. The van der Waals surface area contributed by atoms with Gasteiger partial charge in [-0.15, -0.1) is 17.8 Å². The van der Waals surface area contributed by atoms with Crippen LogP contribution in [-0.4, -0.2) is 14.5 Å². The van der Waals surface area contributed by atoms with Crippen LogP contribution < -0.4 is 5.56 Å². The quantitative estimate of drug-likeness (QED) is 0.675. The van der Waals surface area contributed by atoms with E-state index in [1.807, 2.05) is 13.0 Å². The molecule has 5 heteroatoms. The monoisotopic (exact) mass is 335 g/mol. The smallest absolute Gasteiger partial charge is 0.262 e. The molecule has 4 nitrogen and oxygen atoms in total. The van der Waals surface area contributed by atoms with Gasteiger partial charge in [0.25, 0.3) is 5.56 Å². The largest absolute Gasteiger partial charge is 0.287 e. The SMILES string of the molecule is C#CCn1cnc2c(-c3nc4c(s3)CCCC4)cc(C)cc2c1=O. The Hall–Kier alpha value is -2.45. The van der Waals surface area contributed by atoms with Crippen LogP contribution >= 0.6 is 11.3 Å². The molecule has 1 aliphatic carbocycles. The molecular weight excluding hydrogens is 318 g/mol. The molecule has 3 aromatic rings. The Morgan fingerprint density at radius 1 is 1.33 bits per heavy atom. The second-order valence-electron chi connectivity index (χ2n) is 6.19. The van der Waals surface area contributed by atoms with Gasteiger partial charge in [-0.2, -0.15) is 0 Å². The van der Waals surface area contributed by atoms with Gasteiger partial charge in [-0.3, -0.25) is 9.36 Å². The molecule has 2 aromatic heterocycles. The molecule has 0 saturated carbocycles. The molecule has 1 aliphatic rings. The summed E-state index contributed by atoms with van der Waals surface area (Å²) in [6, 6.07) is 3.96. The Morgan fingerprint density at radius 3 is 2.96 bits per heavy atom. The normalized spacial score (nSPS) is 13.7. The molecule has 0 radical (unpaired) electrons. The molecule has 0 aliphatic heterocycles. The Kier molecular flexibility index (Phi) is 3.70. The van der Waals surface area contributed by atoms with Crippen LogP contribution in [0.3, 0.4) is 0 Å². The molecule has 2 heterocycles. The summed E-state index contributed by atoms with van der Waals surface area (Å²) >= 11 is 1.74. The molecule has 0 fully saturated rings. The summed E-state index contributed by atoms with van der Waals surface area (Å²) in [6.07, 6.45) is 11.5. The Balaban J connectivity index is 1.96. The van der Waals surface area contributed by atoms with Crippen molar-refractivity contribution in [1.29, 1.82) is 0 Å². The highest BCUT2D eigenvalue weighted by atomic mass is 32.1. The number of hydrogen-bond donors (Lipinski definition) is 0. The molecule has 120 valence electrons. The second kappa shape index (κ2) is 5.88. The minimum atomic E-state index is -0.0933. The lowest BCUT2D eigenvalue weighted by molar-refractivity contribution is 0.682. The van der Waals surface area contributed by atoms with Crippen LogP contribution in [0.4, 0.5) is 0 Å². The number of thiazole rings is 1. The average molecular weight is 335 g/mol. The molecule has 0 N–H and O–H groups in total. The fraction of sp³-hybridized carbons (Fsp3) is 0.316. The summed E-state index contributed by atoms with van der Waals surface area (Å²) in [4.78, 5) is 23.4. The molecule has 0 saturated heterocycles. The van der Waals surface area contributed by atoms with E-state index in [1.54, 1.807) is 11.3 Å². The van der Waals surface area contributed by atoms with Crippen LogP contribution in [0.1, 0.15) is 29.0 Å². The number of aromatic nitrogens is 3. The van der Waals surface area contributed by atoms with Crippen LogP contribution in [0.2, 0.25) is 0 Å². The zero-order valence-corrected chi connectivity index (χ0v) is 14.3. The standard InChI is InChI=1S/C19H17N3OS/c1-3-8-22-11-20-17-13(9-12(2)10-14(17)19(22)23)18-21-15-6-4-5-7-16(15)24-18/h1,9-11H,4-8H2,2H3. The van der Waals surface area contributed by atoms with E-state index in [-0.39, 0.29) is 12.1 Å². The third kappa shape index (κ3) is 2.44. The van der Waals surface area contributed by atoms with Crippen LogP contribution in [0.15, 0.2) is 23.3 Å². The summed E-state index contributed by atoms with van der Waals surface area (Å²) in [5.41, 5.74) is 3.82. The van der Waals surface area contributed by atoms with Gasteiger partial charge in [-0.05, 0) is 50.3 Å². The predicted octanol–water partition coefficient (Wildman–Crippen LogP) is 3.34. The van der Waals surface area contributed by atoms with Crippen LogP contribution in [0.5, 0.6) is 0 Å². The van der Waals surface area contributed by atoms with Crippen molar-refractivity contribution in [3.63, 3.8) is 0 Å². The highest BCUT2D eigenvalue weighted by molar-refractivity contribution is 7.15. The number of hydrogen-bond acceptors (Lipinski definition) is 4. The number of nitrogens with zero attached hydrogens (tertiary/aromatic N) is 3. The van der Waals surface area contributed by atoms with Crippen molar-refractivity contribution in [3.8, 4) is 22.9 Å². The summed E-state index contributed by atoms with van der Waals surface area (Å²) in [7, 11) is 0. The minimum absolute atomic E-state index is 0.0933. The fourth-order valence-electron chi connectivity index (χ4n) is 3.26. The first-order valence-electron chi connectivity index (χ1n) is 8.09. The van der Waals surface area contributed by atoms with Gasteiger partial charge in [0.15, 0.2) is 0 Å². The minimum Gasteiger partial charge on any atom is -0.287 e. The van der Waals surface area contributed by atoms with E-state index in [2.05, 4.69) is 17.0 Å². The summed E-state index contributed by atoms with van der Waals surface area (Å²) < 4.78 is 1.47. The van der Waals surface area contributed by atoms with Crippen LogP contribution in [-0.2, 0) is 19.4 Å². The molecule has 4 rings (SSSR count). The van der Waals surface area contributed by atoms with Crippen molar-refractivity contribution < 1.29 is 0 Å². The van der Waals surface area contributed by atoms with Crippen LogP contribution in [0.25, 0.3) is 21.5 Å². The average Bonchev–Trinajstić information content (AvgIpc) is 3.01. The highest BCUT2D eigenvalue weighted by Crippen LogP contribution is 2.35. The van der Waals surface area contributed by atoms with Crippen molar-refractivity contribution in [2.24, 2.45) is 0 Å². The van der Waals surface area contributed by atoms with E-state index < -0.39 is 0 Å². The first-order valence-corrected chi connectivity index (χ1v) is 8.91. The lowest BCUT2D eigenvalue weighted by Crippen LogP contribution is -2.20. The highest BCUT2D eigenvalue weighted by Gasteiger charge is 2.19. The molecule has 0 unspecified atom stereocenters. The lowest BCUT2D eigenvalue weighted by atomic mass is 10.0. The molecular formula is C19H17N3OS. The Labute approximate surface area is 144 Å². The number of rotatable bonds is 2. The van der Waals surface area contributed by atoms with E-state index in [1.165, 1.54) is 34.3 Å². The number of aryl methyl sites for hydroxylation is 3. The van der Waals surface area contributed by atoms with E-state index in [0.29, 0.717) is 10.9 Å². The molecule has 0 spiro atoms. The van der Waals surface area contributed by atoms with Crippen molar-refractivity contribution >= 4 is 22.2 Å². The predicted molar refractivity (Wildman–Crippen MR) is 97.3 cm³/mol. The van der Waals surface area contributed by atoms with Crippen molar-refractivity contribution in [3.05, 3.63) is 44.9 Å². The van der Waals surface area contributed by atoms with Crippen molar-refractivity contribution in [1.82, 2.24) is 14.5 Å². The number of fused-ring (bicyclic) bond motifs is 2. The van der Waals surface area contributed by atoms with E-state index >= 15 is 0 Å². The molecule has 24 heavy (non-hydrogen) atoms. The van der Waals surface area contributed by atoms with E-state index in [0.717, 1.165) is 29.0 Å². The van der Waals surface area contributed by atoms with Gasteiger partial charge in [0.1, 0.15) is 5.01 Å². The molecule has 0 bridgehead atoms. The summed E-state index contributed by atoms with van der Waals surface area (Å²) in [5, 5.41) is 1.58. The lowest BCUT2D eigenvalue weighted by Gasteiger charge is -2.07. The topological polar surface area (TPSA) is 47.8 Å². The van der Waals surface area contributed by atoms with Crippen molar-refractivity contribution in [2.75, 3.05) is 0 Å². The van der Waals surface area contributed by atoms with Gasteiger partial charge < -0.3 is 0 Å². The Bertz CT molecular complexity index is 1020. The third-order valence-corrected chi connectivity index (χ3v) is 5.60. The molecule has 1 aromatic carbocycles. The molecule has 0 atom stereocenters. The van der Waals surface area contributed by atoms with Gasteiger partial charge in [-0.1, -0.05) is 5.92 Å². The maximum atomic E-state index is 12.7. The Morgan fingerprint density at radius 2 is 2.17 bits per heavy atom. The van der Waals surface area contributed by atoms with Gasteiger partial charge in [-0.25, -0.2) is 9.97 Å². The maximum absolute atomic E-state index is 12.7. The first kappa shape index (κ1) is 15.1. The van der Waals surface area contributed by atoms with Crippen molar-refractivity contribution in [2.45, 2.75) is 39.2 Å². The molecule has 0 amide bonds. The number of terminal acetylenes is 1. The van der Waals surface area contributed by atoms with Gasteiger partial charge in [0.2, 0.25) is 0 Å². The first-order chi connectivity index (χ1) is 11.7. The van der Waals surface area contributed by atoms with Gasteiger partial charge >= 0.3 is 0 Å². The second-order valence-corrected chi connectivity index (χ2v) is 7.27.